The fourth-order valence-corrected chi connectivity index (χ4v) is 2.75. The summed E-state index contributed by atoms with van der Waals surface area (Å²) in [7, 11) is 0. The Morgan fingerprint density at radius 3 is 3.00 bits per heavy atom. The lowest BCUT2D eigenvalue weighted by molar-refractivity contribution is 0.557. The van der Waals surface area contributed by atoms with Gasteiger partial charge in [0.05, 0.1) is 0 Å². The largest absolute Gasteiger partial charge is 0.309 e. The second kappa shape index (κ2) is 5.28. The van der Waals surface area contributed by atoms with Crippen LogP contribution in [0.5, 0.6) is 0 Å². The quantitative estimate of drug-likeness (QED) is 0.768. The SMILES string of the molecule is C=CCC(C)NCc1cc2ccccc2s1. The van der Waals surface area contributed by atoms with E-state index in [9.17, 15) is 0 Å². The maximum atomic E-state index is 3.75. The van der Waals surface area contributed by atoms with E-state index >= 15 is 0 Å². The molecule has 0 aliphatic rings. The minimum absolute atomic E-state index is 0.503. The first-order valence-corrected chi connectivity index (χ1v) is 6.43. The predicted octanol–water partition coefficient (Wildman–Crippen LogP) is 3.96. The molecule has 1 N–H and O–H groups in total. The van der Waals surface area contributed by atoms with Crippen LogP contribution in [0.4, 0.5) is 0 Å². The third-order valence-corrected chi connectivity index (χ3v) is 3.74. The zero-order chi connectivity index (χ0) is 11.4. The van der Waals surface area contributed by atoms with Gasteiger partial charge in [-0.3, -0.25) is 0 Å². The van der Waals surface area contributed by atoms with Gasteiger partial charge in [-0.1, -0.05) is 24.3 Å². The van der Waals surface area contributed by atoms with Crippen LogP contribution >= 0.6 is 11.3 Å². The van der Waals surface area contributed by atoms with E-state index < -0.39 is 0 Å². The second-order valence-corrected chi connectivity index (χ2v) is 5.23. The van der Waals surface area contributed by atoms with E-state index in [0.717, 1.165) is 13.0 Å². The molecule has 1 heterocycles. The molecule has 2 heteroatoms. The fourth-order valence-electron chi connectivity index (χ4n) is 1.73. The molecule has 0 bridgehead atoms. The van der Waals surface area contributed by atoms with Crippen molar-refractivity contribution in [2.75, 3.05) is 0 Å². The van der Waals surface area contributed by atoms with E-state index in [1.807, 2.05) is 17.4 Å². The monoisotopic (exact) mass is 231 g/mol. The summed E-state index contributed by atoms with van der Waals surface area (Å²) in [6.45, 7) is 6.90. The smallest absolute Gasteiger partial charge is 0.0346 e. The van der Waals surface area contributed by atoms with Gasteiger partial charge in [-0.15, -0.1) is 17.9 Å². The molecule has 16 heavy (non-hydrogen) atoms. The van der Waals surface area contributed by atoms with E-state index in [2.05, 4.69) is 49.2 Å². The predicted molar refractivity (Wildman–Crippen MR) is 72.9 cm³/mol. The Morgan fingerprint density at radius 2 is 2.25 bits per heavy atom. The lowest BCUT2D eigenvalue weighted by Gasteiger charge is -2.09. The summed E-state index contributed by atoms with van der Waals surface area (Å²) in [6.07, 6.45) is 2.98. The van der Waals surface area contributed by atoms with Crippen LogP contribution < -0.4 is 5.32 Å². The normalized spacial score (nSPS) is 12.8. The first-order chi connectivity index (χ1) is 7.79. The van der Waals surface area contributed by atoms with Crippen LogP contribution in [0.3, 0.4) is 0 Å². The Bertz CT molecular complexity index is 439. The molecule has 0 fully saturated rings. The summed E-state index contributed by atoms with van der Waals surface area (Å²) in [5, 5.41) is 4.85. The molecule has 84 valence electrons. The van der Waals surface area contributed by atoms with E-state index in [1.54, 1.807) is 0 Å². The molecule has 0 aliphatic carbocycles. The molecule has 1 atom stereocenters. The van der Waals surface area contributed by atoms with Gasteiger partial charge < -0.3 is 5.32 Å². The highest BCUT2D eigenvalue weighted by Gasteiger charge is 2.02. The van der Waals surface area contributed by atoms with Gasteiger partial charge in [0, 0.05) is 22.2 Å². The van der Waals surface area contributed by atoms with Crippen molar-refractivity contribution in [3.63, 3.8) is 0 Å². The van der Waals surface area contributed by atoms with Crippen LogP contribution in [-0.2, 0) is 6.54 Å². The number of hydrogen-bond donors (Lipinski definition) is 1. The number of fused-ring (bicyclic) bond motifs is 1. The molecule has 1 unspecified atom stereocenters. The van der Waals surface area contributed by atoms with Crippen molar-refractivity contribution in [1.82, 2.24) is 5.32 Å². The minimum atomic E-state index is 0.503. The van der Waals surface area contributed by atoms with E-state index in [0.29, 0.717) is 6.04 Å². The Balaban J connectivity index is 2.01. The summed E-state index contributed by atoms with van der Waals surface area (Å²) in [4.78, 5) is 1.40. The van der Waals surface area contributed by atoms with Crippen molar-refractivity contribution in [3.05, 3.63) is 47.9 Å². The van der Waals surface area contributed by atoms with Crippen LogP contribution in [0.2, 0.25) is 0 Å². The molecule has 1 aromatic heterocycles. The number of hydrogen-bond acceptors (Lipinski definition) is 2. The minimum Gasteiger partial charge on any atom is -0.309 e. The summed E-state index contributed by atoms with van der Waals surface area (Å²) in [5.41, 5.74) is 0. The van der Waals surface area contributed by atoms with Gasteiger partial charge in [0.15, 0.2) is 0 Å². The average molecular weight is 231 g/mol. The fraction of sp³-hybridized carbons (Fsp3) is 0.286. The lowest BCUT2D eigenvalue weighted by Crippen LogP contribution is -2.24. The van der Waals surface area contributed by atoms with Gasteiger partial charge in [0.25, 0.3) is 0 Å². The number of benzene rings is 1. The van der Waals surface area contributed by atoms with Gasteiger partial charge >= 0.3 is 0 Å². The van der Waals surface area contributed by atoms with E-state index in [1.165, 1.54) is 15.0 Å². The zero-order valence-corrected chi connectivity index (χ0v) is 10.4. The van der Waals surface area contributed by atoms with Crippen LogP contribution in [0.15, 0.2) is 43.0 Å². The molecule has 0 spiro atoms. The highest BCUT2D eigenvalue weighted by Crippen LogP contribution is 2.25. The van der Waals surface area contributed by atoms with Crippen molar-refractivity contribution in [3.8, 4) is 0 Å². The lowest BCUT2D eigenvalue weighted by atomic mass is 10.2. The molecular formula is C14H17NS. The third-order valence-electron chi connectivity index (χ3n) is 2.62. The third kappa shape index (κ3) is 2.71. The van der Waals surface area contributed by atoms with Crippen molar-refractivity contribution in [2.45, 2.75) is 25.9 Å². The number of rotatable bonds is 5. The Labute approximate surface area is 101 Å². The summed E-state index contributed by atoms with van der Waals surface area (Å²) < 4.78 is 1.37. The molecule has 0 saturated heterocycles. The molecule has 0 aliphatic heterocycles. The van der Waals surface area contributed by atoms with Crippen LogP contribution in [0.1, 0.15) is 18.2 Å². The molecule has 2 rings (SSSR count). The van der Waals surface area contributed by atoms with Gasteiger partial charge in [0.1, 0.15) is 0 Å². The molecule has 1 aromatic carbocycles. The molecule has 0 radical (unpaired) electrons. The number of nitrogens with one attached hydrogen (secondary N) is 1. The summed E-state index contributed by atoms with van der Waals surface area (Å²) in [6, 6.07) is 11.3. The highest BCUT2D eigenvalue weighted by molar-refractivity contribution is 7.19. The van der Waals surface area contributed by atoms with Crippen molar-refractivity contribution >= 4 is 21.4 Å². The molecule has 0 saturated carbocycles. The molecular weight excluding hydrogens is 214 g/mol. The summed E-state index contributed by atoms with van der Waals surface area (Å²) >= 11 is 1.87. The maximum absolute atomic E-state index is 3.75. The van der Waals surface area contributed by atoms with Crippen molar-refractivity contribution < 1.29 is 0 Å². The summed E-state index contributed by atoms with van der Waals surface area (Å²) in [5.74, 6) is 0. The van der Waals surface area contributed by atoms with Crippen LogP contribution in [0, 0.1) is 0 Å². The second-order valence-electron chi connectivity index (χ2n) is 4.06. The van der Waals surface area contributed by atoms with Gasteiger partial charge in [-0.2, -0.15) is 0 Å². The number of thiophene rings is 1. The topological polar surface area (TPSA) is 12.0 Å². The van der Waals surface area contributed by atoms with Gasteiger partial charge in [-0.05, 0) is 30.9 Å². The van der Waals surface area contributed by atoms with Crippen LogP contribution in [0.25, 0.3) is 10.1 Å². The van der Waals surface area contributed by atoms with Crippen molar-refractivity contribution in [1.29, 1.82) is 0 Å². The maximum Gasteiger partial charge on any atom is 0.0346 e. The van der Waals surface area contributed by atoms with Crippen molar-refractivity contribution in [2.24, 2.45) is 0 Å². The Kier molecular flexibility index (Phi) is 3.75. The first kappa shape index (κ1) is 11.4. The van der Waals surface area contributed by atoms with Gasteiger partial charge in [-0.25, -0.2) is 0 Å². The van der Waals surface area contributed by atoms with E-state index in [-0.39, 0.29) is 0 Å². The highest BCUT2D eigenvalue weighted by atomic mass is 32.1. The van der Waals surface area contributed by atoms with Crippen LogP contribution in [-0.4, -0.2) is 6.04 Å². The average Bonchev–Trinajstić information content (AvgIpc) is 2.69. The first-order valence-electron chi connectivity index (χ1n) is 5.61. The zero-order valence-electron chi connectivity index (χ0n) is 9.57. The standard InChI is InChI=1S/C14H17NS/c1-3-6-11(2)15-10-13-9-12-7-4-5-8-14(12)16-13/h3-5,7-9,11,15H,1,6,10H2,2H3. The Hall–Kier alpha value is -1.12. The molecule has 2 aromatic rings. The van der Waals surface area contributed by atoms with E-state index in [4.69, 9.17) is 0 Å². The molecule has 0 amide bonds. The van der Waals surface area contributed by atoms with Gasteiger partial charge in [0.2, 0.25) is 0 Å². The Morgan fingerprint density at radius 1 is 1.44 bits per heavy atom. The molecule has 1 nitrogen and oxygen atoms in total.